The van der Waals surface area contributed by atoms with Gasteiger partial charge >= 0.3 is 0 Å². The van der Waals surface area contributed by atoms with E-state index in [2.05, 4.69) is 28.1 Å². The highest BCUT2D eigenvalue weighted by Crippen LogP contribution is 2.20. The van der Waals surface area contributed by atoms with E-state index >= 15 is 0 Å². The molecule has 0 saturated carbocycles. The molecule has 4 heteroatoms. The smallest absolute Gasteiger partial charge is 0.246 e. The van der Waals surface area contributed by atoms with Crippen molar-refractivity contribution in [3.05, 3.63) is 78.6 Å². The topological polar surface area (TPSA) is 36.4 Å². The monoisotopic (exact) mass is 343 g/mol. The molecular weight excluding hydrogens is 322 g/mol. The van der Waals surface area contributed by atoms with Gasteiger partial charge in [0.1, 0.15) is 0 Å². The van der Waals surface area contributed by atoms with Crippen LogP contribution in [0.25, 0.3) is 16.8 Å². The predicted molar refractivity (Wildman–Crippen MR) is 106 cm³/mol. The SMILES string of the molecule is O=C(C=Cc1cccc2ccccc12)N1CCN(c2ccncc2)CC1. The Morgan fingerprint density at radius 1 is 0.885 bits per heavy atom. The molecule has 1 aliphatic heterocycles. The fraction of sp³-hybridized carbons (Fsp3) is 0.182. The standard InChI is InChI=1S/C22H21N3O/c26-22(9-8-19-6-3-5-18-4-1-2-7-21(18)19)25-16-14-24(15-17-25)20-10-12-23-13-11-20/h1-13H,14-17H2. The van der Waals surface area contributed by atoms with Crippen LogP contribution < -0.4 is 4.90 Å². The zero-order chi connectivity index (χ0) is 17.8. The zero-order valence-electron chi connectivity index (χ0n) is 14.6. The number of carbonyl (C=O) groups is 1. The lowest BCUT2D eigenvalue weighted by Gasteiger charge is -2.35. The quantitative estimate of drug-likeness (QED) is 0.682. The molecule has 0 N–H and O–H groups in total. The number of fused-ring (bicyclic) bond motifs is 1. The molecule has 0 spiro atoms. The summed E-state index contributed by atoms with van der Waals surface area (Å²) < 4.78 is 0. The third-order valence-corrected chi connectivity index (χ3v) is 4.85. The van der Waals surface area contributed by atoms with E-state index in [1.54, 1.807) is 18.5 Å². The van der Waals surface area contributed by atoms with Crippen LogP contribution in [-0.2, 0) is 4.79 Å². The van der Waals surface area contributed by atoms with E-state index in [1.165, 1.54) is 16.5 Å². The molecule has 1 amide bonds. The van der Waals surface area contributed by atoms with Crippen molar-refractivity contribution in [2.24, 2.45) is 0 Å². The molecule has 26 heavy (non-hydrogen) atoms. The fourth-order valence-electron chi connectivity index (χ4n) is 3.40. The number of hydrogen-bond acceptors (Lipinski definition) is 3. The maximum absolute atomic E-state index is 12.6. The van der Waals surface area contributed by atoms with E-state index in [-0.39, 0.29) is 5.91 Å². The van der Waals surface area contributed by atoms with Crippen molar-refractivity contribution in [3.63, 3.8) is 0 Å². The van der Waals surface area contributed by atoms with Crippen LogP contribution in [0.3, 0.4) is 0 Å². The van der Waals surface area contributed by atoms with Crippen molar-refractivity contribution >= 4 is 28.4 Å². The molecule has 2 aromatic carbocycles. The number of nitrogens with zero attached hydrogens (tertiary/aromatic N) is 3. The summed E-state index contributed by atoms with van der Waals surface area (Å²) >= 11 is 0. The highest BCUT2D eigenvalue weighted by atomic mass is 16.2. The Morgan fingerprint density at radius 3 is 2.42 bits per heavy atom. The Hall–Kier alpha value is -3.14. The molecule has 1 fully saturated rings. The third kappa shape index (κ3) is 3.45. The number of benzene rings is 2. The number of hydrogen-bond donors (Lipinski definition) is 0. The molecule has 1 aliphatic rings. The van der Waals surface area contributed by atoms with Crippen molar-refractivity contribution in [1.29, 1.82) is 0 Å². The minimum atomic E-state index is 0.0762. The van der Waals surface area contributed by atoms with Gasteiger partial charge in [0.15, 0.2) is 0 Å². The molecule has 2 heterocycles. The van der Waals surface area contributed by atoms with Gasteiger partial charge in [0.25, 0.3) is 0 Å². The second kappa shape index (κ2) is 7.40. The van der Waals surface area contributed by atoms with Gasteiger partial charge in [-0.05, 0) is 34.5 Å². The number of piperazine rings is 1. The largest absolute Gasteiger partial charge is 0.368 e. The van der Waals surface area contributed by atoms with Gasteiger partial charge in [-0.25, -0.2) is 0 Å². The zero-order valence-corrected chi connectivity index (χ0v) is 14.6. The number of pyridine rings is 1. The van der Waals surface area contributed by atoms with E-state index < -0.39 is 0 Å². The Kier molecular flexibility index (Phi) is 4.65. The normalized spacial score (nSPS) is 14.9. The van der Waals surface area contributed by atoms with E-state index in [1.807, 2.05) is 47.4 Å². The highest BCUT2D eigenvalue weighted by Gasteiger charge is 2.19. The lowest BCUT2D eigenvalue weighted by Crippen LogP contribution is -2.48. The van der Waals surface area contributed by atoms with Gasteiger partial charge in [0.2, 0.25) is 5.91 Å². The molecule has 0 aliphatic carbocycles. The summed E-state index contributed by atoms with van der Waals surface area (Å²) in [5, 5.41) is 2.36. The van der Waals surface area contributed by atoms with Crippen LogP contribution in [0.5, 0.6) is 0 Å². The number of aromatic nitrogens is 1. The molecule has 0 unspecified atom stereocenters. The van der Waals surface area contributed by atoms with Crippen LogP contribution >= 0.6 is 0 Å². The first-order valence-corrected chi connectivity index (χ1v) is 8.91. The van der Waals surface area contributed by atoms with Gasteiger partial charge in [0, 0.05) is 50.3 Å². The van der Waals surface area contributed by atoms with Crippen molar-refractivity contribution in [1.82, 2.24) is 9.88 Å². The van der Waals surface area contributed by atoms with Crippen LogP contribution in [0.1, 0.15) is 5.56 Å². The van der Waals surface area contributed by atoms with Gasteiger partial charge in [-0.3, -0.25) is 9.78 Å². The summed E-state index contributed by atoms with van der Waals surface area (Å²) in [6.45, 7) is 3.16. The molecule has 4 nitrogen and oxygen atoms in total. The number of carbonyl (C=O) groups excluding carboxylic acids is 1. The molecule has 4 rings (SSSR count). The molecular formula is C22H21N3O. The Balaban J connectivity index is 1.42. The molecule has 3 aromatic rings. The van der Waals surface area contributed by atoms with Crippen molar-refractivity contribution in [2.75, 3.05) is 31.1 Å². The molecule has 0 atom stereocenters. The average Bonchev–Trinajstić information content (AvgIpc) is 2.73. The van der Waals surface area contributed by atoms with Crippen molar-refractivity contribution in [3.8, 4) is 0 Å². The Bertz CT molecular complexity index is 923. The van der Waals surface area contributed by atoms with E-state index in [0.717, 1.165) is 31.7 Å². The molecule has 1 saturated heterocycles. The van der Waals surface area contributed by atoms with Crippen LogP contribution in [0.2, 0.25) is 0 Å². The van der Waals surface area contributed by atoms with E-state index in [4.69, 9.17) is 0 Å². The minimum Gasteiger partial charge on any atom is -0.368 e. The first-order valence-electron chi connectivity index (χ1n) is 8.91. The van der Waals surface area contributed by atoms with Crippen LogP contribution in [0, 0.1) is 0 Å². The summed E-state index contributed by atoms with van der Waals surface area (Å²) in [6.07, 6.45) is 7.24. The van der Waals surface area contributed by atoms with Gasteiger partial charge in [-0.1, -0.05) is 42.5 Å². The lowest BCUT2D eigenvalue weighted by atomic mass is 10.0. The van der Waals surface area contributed by atoms with Gasteiger partial charge in [-0.15, -0.1) is 0 Å². The second-order valence-electron chi connectivity index (χ2n) is 6.42. The summed E-state index contributed by atoms with van der Waals surface area (Å²) in [6, 6.07) is 18.4. The first-order chi connectivity index (χ1) is 12.8. The maximum Gasteiger partial charge on any atom is 0.246 e. The number of amides is 1. The van der Waals surface area contributed by atoms with Gasteiger partial charge in [0.05, 0.1) is 0 Å². The van der Waals surface area contributed by atoms with Crippen LogP contribution in [-0.4, -0.2) is 42.0 Å². The average molecular weight is 343 g/mol. The Labute approximate surface area is 153 Å². The van der Waals surface area contributed by atoms with Gasteiger partial charge < -0.3 is 9.80 Å². The predicted octanol–water partition coefficient (Wildman–Crippen LogP) is 3.60. The van der Waals surface area contributed by atoms with E-state index in [0.29, 0.717) is 0 Å². The summed E-state index contributed by atoms with van der Waals surface area (Å²) in [4.78, 5) is 20.8. The van der Waals surface area contributed by atoms with Crippen molar-refractivity contribution < 1.29 is 4.79 Å². The summed E-state index contributed by atoms with van der Waals surface area (Å²) in [5.41, 5.74) is 2.24. The summed E-state index contributed by atoms with van der Waals surface area (Å²) in [7, 11) is 0. The number of anilines is 1. The second-order valence-corrected chi connectivity index (χ2v) is 6.42. The molecule has 1 aromatic heterocycles. The van der Waals surface area contributed by atoms with Crippen molar-refractivity contribution in [2.45, 2.75) is 0 Å². The first kappa shape index (κ1) is 16.3. The molecule has 0 radical (unpaired) electrons. The van der Waals surface area contributed by atoms with Crippen LogP contribution in [0.4, 0.5) is 5.69 Å². The number of rotatable bonds is 3. The van der Waals surface area contributed by atoms with E-state index in [9.17, 15) is 4.79 Å². The highest BCUT2D eigenvalue weighted by molar-refractivity contribution is 5.96. The molecule has 130 valence electrons. The van der Waals surface area contributed by atoms with Gasteiger partial charge in [-0.2, -0.15) is 0 Å². The van der Waals surface area contributed by atoms with Crippen LogP contribution in [0.15, 0.2) is 73.1 Å². The molecule has 0 bridgehead atoms. The minimum absolute atomic E-state index is 0.0762. The Morgan fingerprint density at radius 2 is 1.62 bits per heavy atom. The maximum atomic E-state index is 12.6. The third-order valence-electron chi connectivity index (χ3n) is 4.85. The summed E-state index contributed by atoms with van der Waals surface area (Å²) in [5.74, 6) is 0.0762. The fourth-order valence-corrected chi connectivity index (χ4v) is 3.40. The lowest BCUT2D eigenvalue weighted by molar-refractivity contribution is -0.126.